The quantitative estimate of drug-likeness (QED) is 0.864. The normalized spacial score (nSPS) is 10.4. The Labute approximate surface area is 100 Å². The third kappa shape index (κ3) is 2.23. The van der Waals surface area contributed by atoms with Crippen LogP contribution in [-0.2, 0) is 6.54 Å². The lowest BCUT2D eigenvalue weighted by atomic mass is 10.0. The first kappa shape index (κ1) is 11.1. The lowest BCUT2D eigenvalue weighted by Crippen LogP contribution is -1.97. The van der Waals surface area contributed by atoms with Gasteiger partial charge in [-0.2, -0.15) is 0 Å². The summed E-state index contributed by atoms with van der Waals surface area (Å²) in [6.45, 7) is 2.44. The molecular formula is C13H13ClN2. The number of aromatic nitrogens is 1. The molecule has 0 aliphatic heterocycles. The van der Waals surface area contributed by atoms with Crippen LogP contribution in [0.5, 0.6) is 0 Å². The zero-order chi connectivity index (χ0) is 11.5. The predicted octanol–water partition coefficient (Wildman–Crippen LogP) is 3.17. The SMILES string of the molecule is Cc1cc(-c2ccc(CN)c(Cl)c2)ccn1. The summed E-state index contributed by atoms with van der Waals surface area (Å²) in [6, 6.07) is 9.95. The number of aryl methyl sites for hydroxylation is 1. The molecule has 1 aromatic carbocycles. The van der Waals surface area contributed by atoms with Gasteiger partial charge in [-0.15, -0.1) is 0 Å². The van der Waals surface area contributed by atoms with Crippen molar-refractivity contribution in [1.29, 1.82) is 0 Å². The van der Waals surface area contributed by atoms with E-state index in [1.807, 2.05) is 37.3 Å². The van der Waals surface area contributed by atoms with Gasteiger partial charge in [0.15, 0.2) is 0 Å². The van der Waals surface area contributed by atoms with Gasteiger partial charge in [-0.25, -0.2) is 0 Å². The Hall–Kier alpha value is -1.38. The molecular weight excluding hydrogens is 220 g/mol. The van der Waals surface area contributed by atoms with Crippen LogP contribution in [0.25, 0.3) is 11.1 Å². The molecule has 0 bridgehead atoms. The van der Waals surface area contributed by atoms with E-state index < -0.39 is 0 Å². The van der Waals surface area contributed by atoms with E-state index in [0.717, 1.165) is 27.4 Å². The highest BCUT2D eigenvalue weighted by atomic mass is 35.5. The molecule has 2 nitrogen and oxygen atoms in total. The van der Waals surface area contributed by atoms with E-state index in [1.165, 1.54) is 0 Å². The van der Waals surface area contributed by atoms with Crippen LogP contribution < -0.4 is 5.73 Å². The third-order valence-corrected chi connectivity index (χ3v) is 2.85. The number of nitrogens with two attached hydrogens (primary N) is 1. The molecule has 2 rings (SSSR count). The first-order chi connectivity index (χ1) is 7.70. The van der Waals surface area contributed by atoms with E-state index in [0.29, 0.717) is 6.54 Å². The molecule has 0 saturated carbocycles. The highest BCUT2D eigenvalue weighted by Crippen LogP contribution is 2.25. The van der Waals surface area contributed by atoms with Gasteiger partial charge >= 0.3 is 0 Å². The Morgan fingerprint density at radius 2 is 1.94 bits per heavy atom. The summed E-state index contributed by atoms with van der Waals surface area (Å²) in [7, 11) is 0. The molecule has 3 heteroatoms. The van der Waals surface area contributed by atoms with Crippen molar-refractivity contribution in [2.75, 3.05) is 0 Å². The summed E-state index contributed by atoms with van der Waals surface area (Å²) >= 11 is 6.12. The van der Waals surface area contributed by atoms with Gasteiger partial charge in [0.05, 0.1) is 0 Å². The van der Waals surface area contributed by atoms with Crippen molar-refractivity contribution < 1.29 is 0 Å². The molecule has 1 aromatic heterocycles. The molecule has 0 fully saturated rings. The van der Waals surface area contributed by atoms with Crippen LogP contribution in [0.2, 0.25) is 5.02 Å². The first-order valence-corrected chi connectivity index (χ1v) is 5.50. The molecule has 0 spiro atoms. The summed E-state index contributed by atoms with van der Waals surface area (Å²) in [5.41, 5.74) is 9.75. The average molecular weight is 233 g/mol. The summed E-state index contributed by atoms with van der Waals surface area (Å²) in [4.78, 5) is 4.17. The Morgan fingerprint density at radius 3 is 2.56 bits per heavy atom. The minimum atomic E-state index is 0.467. The molecule has 1 heterocycles. The van der Waals surface area contributed by atoms with Crippen molar-refractivity contribution in [3.8, 4) is 11.1 Å². The molecule has 0 aliphatic carbocycles. The minimum Gasteiger partial charge on any atom is -0.326 e. The summed E-state index contributed by atoms with van der Waals surface area (Å²) in [5, 5.41) is 0.717. The maximum atomic E-state index is 6.12. The Balaban J connectivity index is 2.45. The first-order valence-electron chi connectivity index (χ1n) is 5.12. The van der Waals surface area contributed by atoms with E-state index in [-0.39, 0.29) is 0 Å². The average Bonchev–Trinajstić information content (AvgIpc) is 2.29. The monoisotopic (exact) mass is 232 g/mol. The van der Waals surface area contributed by atoms with Gasteiger partial charge in [0.2, 0.25) is 0 Å². The Kier molecular flexibility index (Phi) is 3.22. The Bertz CT molecular complexity index is 509. The van der Waals surface area contributed by atoms with Crippen LogP contribution in [0.1, 0.15) is 11.3 Å². The van der Waals surface area contributed by atoms with Crippen molar-refractivity contribution in [3.05, 3.63) is 52.8 Å². The van der Waals surface area contributed by atoms with Crippen molar-refractivity contribution in [2.24, 2.45) is 5.73 Å². The molecule has 82 valence electrons. The highest BCUT2D eigenvalue weighted by Gasteiger charge is 2.02. The fraction of sp³-hybridized carbons (Fsp3) is 0.154. The molecule has 0 atom stereocenters. The lowest BCUT2D eigenvalue weighted by Gasteiger charge is -2.06. The van der Waals surface area contributed by atoms with Gasteiger partial charge in [-0.3, -0.25) is 4.98 Å². The number of halogens is 1. The number of rotatable bonds is 2. The fourth-order valence-electron chi connectivity index (χ4n) is 1.62. The van der Waals surface area contributed by atoms with Crippen LogP contribution in [0.3, 0.4) is 0 Å². The lowest BCUT2D eigenvalue weighted by molar-refractivity contribution is 1.07. The van der Waals surface area contributed by atoms with Crippen molar-refractivity contribution in [2.45, 2.75) is 13.5 Å². The molecule has 0 amide bonds. The molecule has 2 N–H and O–H groups in total. The number of hydrogen-bond donors (Lipinski definition) is 1. The summed E-state index contributed by atoms with van der Waals surface area (Å²) in [6.07, 6.45) is 1.80. The summed E-state index contributed by atoms with van der Waals surface area (Å²) in [5.74, 6) is 0. The number of benzene rings is 1. The number of pyridine rings is 1. The van der Waals surface area contributed by atoms with Gasteiger partial charge < -0.3 is 5.73 Å². The van der Waals surface area contributed by atoms with Crippen LogP contribution >= 0.6 is 11.6 Å². The van der Waals surface area contributed by atoms with Crippen molar-refractivity contribution in [3.63, 3.8) is 0 Å². The molecule has 0 unspecified atom stereocenters. The summed E-state index contributed by atoms with van der Waals surface area (Å²) < 4.78 is 0. The molecule has 0 aliphatic rings. The highest BCUT2D eigenvalue weighted by molar-refractivity contribution is 6.31. The van der Waals surface area contributed by atoms with Crippen molar-refractivity contribution >= 4 is 11.6 Å². The number of nitrogens with zero attached hydrogens (tertiary/aromatic N) is 1. The largest absolute Gasteiger partial charge is 0.326 e. The molecule has 0 saturated heterocycles. The van der Waals surface area contributed by atoms with Gasteiger partial charge in [-0.1, -0.05) is 23.7 Å². The number of hydrogen-bond acceptors (Lipinski definition) is 2. The topological polar surface area (TPSA) is 38.9 Å². The van der Waals surface area contributed by atoms with Crippen LogP contribution in [-0.4, -0.2) is 4.98 Å². The zero-order valence-corrected chi connectivity index (χ0v) is 9.83. The maximum absolute atomic E-state index is 6.12. The van der Waals surface area contributed by atoms with Gasteiger partial charge in [0.1, 0.15) is 0 Å². The fourth-order valence-corrected chi connectivity index (χ4v) is 1.88. The van der Waals surface area contributed by atoms with Crippen molar-refractivity contribution in [1.82, 2.24) is 4.98 Å². The predicted molar refractivity (Wildman–Crippen MR) is 67.3 cm³/mol. The smallest absolute Gasteiger partial charge is 0.0457 e. The molecule has 2 aromatic rings. The van der Waals surface area contributed by atoms with E-state index in [4.69, 9.17) is 17.3 Å². The second kappa shape index (κ2) is 4.64. The van der Waals surface area contributed by atoms with Crippen LogP contribution in [0, 0.1) is 6.92 Å². The zero-order valence-electron chi connectivity index (χ0n) is 9.07. The third-order valence-electron chi connectivity index (χ3n) is 2.50. The molecule has 16 heavy (non-hydrogen) atoms. The van der Waals surface area contributed by atoms with Gasteiger partial charge in [0, 0.05) is 23.5 Å². The van der Waals surface area contributed by atoms with E-state index >= 15 is 0 Å². The minimum absolute atomic E-state index is 0.467. The van der Waals surface area contributed by atoms with Crippen LogP contribution in [0.15, 0.2) is 36.5 Å². The maximum Gasteiger partial charge on any atom is 0.0457 e. The van der Waals surface area contributed by atoms with E-state index in [1.54, 1.807) is 6.20 Å². The standard InChI is InChI=1S/C13H13ClN2/c1-9-6-11(4-5-16-9)10-2-3-12(8-15)13(14)7-10/h2-7H,8,15H2,1H3. The second-order valence-corrected chi connectivity index (χ2v) is 4.10. The second-order valence-electron chi connectivity index (χ2n) is 3.70. The Morgan fingerprint density at radius 1 is 1.19 bits per heavy atom. The van der Waals surface area contributed by atoms with E-state index in [2.05, 4.69) is 4.98 Å². The molecule has 0 radical (unpaired) electrons. The van der Waals surface area contributed by atoms with Gasteiger partial charge in [-0.05, 0) is 41.8 Å². The van der Waals surface area contributed by atoms with Gasteiger partial charge in [0.25, 0.3) is 0 Å². The van der Waals surface area contributed by atoms with Crippen LogP contribution in [0.4, 0.5) is 0 Å². The van der Waals surface area contributed by atoms with E-state index in [9.17, 15) is 0 Å².